The van der Waals surface area contributed by atoms with Gasteiger partial charge in [0, 0.05) is 17.8 Å². The molecule has 0 aromatic heterocycles. The molecule has 0 bridgehead atoms. The van der Waals surface area contributed by atoms with Gasteiger partial charge in [0.15, 0.2) is 11.5 Å². The Kier molecular flexibility index (Phi) is 7.97. The van der Waals surface area contributed by atoms with Crippen LogP contribution in [-0.2, 0) is 6.61 Å². The van der Waals surface area contributed by atoms with Gasteiger partial charge in [-0.25, -0.2) is 0 Å². The Balaban J connectivity index is 1.08. The Hall–Kier alpha value is -4.35. The van der Waals surface area contributed by atoms with Gasteiger partial charge in [0.1, 0.15) is 6.61 Å². The van der Waals surface area contributed by atoms with Crippen LogP contribution in [-0.4, -0.2) is 12.8 Å². The number of benzene rings is 5. The summed E-state index contributed by atoms with van der Waals surface area (Å²) in [6, 6.07) is 34.4. The van der Waals surface area contributed by atoms with E-state index in [1.165, 1.54) is 33.2 Å². The number of nitrogens with zero attached hydrogens (tertiary/aromatic N) is 1. The molecule has 0 saturated carbocycles. The van der Waals surface area contributed by atoms with E-state index in [1.807, 2.05) is 25.3 Å². The second-order valence-electron chi connectivity index (χ2n) is 11.6. The zero-order valence-corrected chi connectivity index (χ0v) is 26.6. The molecular formula is C39H35BrN2O2. The van der Waals surface area contributed by atoms with Crippen LogP contribution in [0, 0.1) is 12.8 Å². The van der Waals surface area contributed by atoms with Gasteiger partial charge in [0.25, 0.3) is 0 Å². The van der Waals surface area contributed by atoms with E-state index in [4.69, 9.17) is 14.5 Å². The first-order valence-corrected chi connectivity index (χ1v) is 16.1. The lowest BCUT2D eigenvalue weighted by Gasteiger charge is -2.37. The number of fused-ring (bicyclic) bond motifs is 4. The van der Waals surface area contributed by atoms with Crippen molar-refractivity contribution >= 4 is 44.3 Å². The zero-order chi connectivity index (χ0) is 30.0. The minimum absolute atomic E-state index is 0.273. The molecular weight excluding hydrogens is 608 g/mol. The van der Waals surface area contributed by atoms with Crippen LogP contribution >= 0.6 is 15.9 Å². The number of anilines is 1. The molecule has 5 aromatic rings. The fourth-order valence-corrected chi connectivity index (χ4v) is 7.17. The summed E-state index contributed by atoms with van der Waals surface area (Å²) in [6.45, 7) is 5.13. The summed E-state index contributed by atoms with van der Waals surface area (Å²) < 4.78 is 13.2. The van der Waals surface area contributed by atoms with E-state index < -0.39 is 0 Å². The summed E-state index contributed by atoms with van der Waals surface area (Å²) in [4.78, 5) is 4.80. The molecule has 1 aliphatic heterocycles. The second kappa shape index (κ2) is 12.3. The smallest absolute Gasteiger partial charge is 0.175 e. The van der Waals surface area contributed by atoms with Gasteiger partial charge in [0.2, 0.25) is 0 Å². The number of halogens is 1. The summed E-state index contributed by atoms with van der Waals surface area (Å²) in [5.74, 6) is 2.37. The van der Waals surface area contributed by atoms with Crippen molar-refractivity contribution in [3.63, 3.8) is 0 Å². The van der Waals surface area contributed by atoms with Gasteiger partial charge in [-0.05, 0) is 105 Å². The lowest BCUT2D eigenvalue weighted by molar-refractivity contribution is 0.268. The van der Waals surface area contributed by atoms with E-state index in [-0.39, 0.29) is 6.04 Å². The largest absolute Gasteiger partial charge is 0.490 e. The minimum Gasteiger partial charge on any atom is -0.490 e. The SMILES string of the molecule is CCOc1cc(C=Nc2ccc([C@@H]3Nc4ccc(C)cc4[C@H]4C=CC[C@@H]43)cc2)cc(Br)c1OCc1cccc2ccccc12. The van der Waals surface area contributed by atoms with Gasteiger partial charge < -0.3 is 14.8 Å². The van der Waals surface area contributed by atoms with Gasteiger partial charge in [-0.3, -0.25) is 4.99 Å². The third-order valence-corrected chi connectivity index (χ3v) is 9.31. The van der Waals surface area contributed by atoms with E-state index in [2.05, 4.69) is 125 Å². The van der Waals surface area contributed by atoms with Crippen molar-refractivity contribution < 1.29 is 9.47 Å². The number of ether oxygens (including phenoxy) is 2. The highest BCUT2D eigenvalue weighted by atomic mass is 79.9. The standard InChI is InChI=1S/C39H35BrN2O2/c1-3-43-37-22-26(21-35(40)39(37)44-24-29-10-6-9-27-8-4-5-11-31(27)29)23-41-30-17-15-28(16-18-30)38-33-13-7-12-32(33)34-20-25(2)14-19-36(34)42-38/h4-12,14-23,32-33,38,42H,3,13,24H2,1-2H3/t32-,33-,38-/m0/s1. The molecule has 5 heteroatoms. The average molecular weight is 644 g/mol. The fourth-order valence-electron chi connectivity index (χ4n) is 6.59. The maximum absolute atomic E-state index is 6.33. The lowest BCUT2D eigenvalue weighted by atomic mass is 9.76. The van der Waals surface area contributed by atoms with Crippen LogP contribution in [0.5, 0.6) is 11.5 Å². The number of nitrogens with one attached hydrogen (secondary N) is 1. The van der Waals surface area contributed by atoms with Crippen LogP contribution in [0.4, 0.5) is 11.4 Å². The first kappa shape index (κ1) is 28.4. The highest BCUT2D eigenvalue weighted by molar-refractivity contribution is 9.10. The van der Waals surface area contributed by atoms with Crippen LogP contribution in [0.3, 0.4) is 0 Å². The summed E-state index contributed by atoms with van der Waals surface area (Å²) >= 11 is 3.73. The Labute approximate surface area is 267 Å². The average Bonchev–Trinajstić information content (AvgIpc) is 3.54. The van der Waals surface area contributed by atoms with E-state index in [1.54, 1.807) is 0 Å². The summed E-state index contributed by atoms with van der Waals surface area (Å²) in [6.07, 6.45) is 7.71. The van der Waals surface area contributed by atoms with Crippen molar-refractivity contribution in [2.45, 2.75) is 38.8 Å². The third kappa shape index (κ3) is 5.65. The van der Waals surface area contributed by atoms with Gasteiger partial charge in [-0.1, -0.05) is 84.4 Å². The molecule has 7 rings (SSSR count). The molecule has 44 heavy (non-hydrogen) atoms. The van der Waals surface area contributed by atoms with Crippen LogP contribution < -0.4 is 14.8 Å². The van der Waals surface area contributed by atoms with Crippen LogP contribution in [0.2, 0.25) is 0 Å². The van der Waals surface area contributed by atoms with Crippen molar-refractivity contribution in [2.24, 2.45) is 10.9 Å². The van der Waals surface area contributed by atoms with E-state index >= 15 is 0 Å². The van der Waals surface area contributed by atoms with E-state index in [0.717, 1.165) is 27.7 Å². The molecule has 0 amide bonds. The van der Waals surface area contributed by atoms with Crippen molar-refractivity contribution in [1.82, 2.24) is 0 Å². The van der Waals surface area contributed by atoms with Gasteiger partial charge in [-0.15, -0.1) is 0 Å². The Morgan fingerprint density at radius 2 is 1.77 bits per heavy atom. The molecule has 0 fully saturated rings. The quantitative estimate of drug-likeness (QED) is 0.135. The minimum atomic E-state index is 0.273. The molecule has 1 N–H and O–H groups in total. The molecule has 220 valence electrons. The van der Waals surface area contributed by atoms with Gasteiger partial charge >= 0.3 is 0 Å². The van der Waals surface area contributed by atoms with Crippen LogP contribution in [0.15, 0.2) is 119 Å². The fraction of sp³-hybridized carbons (Fsp3) is 0.205. The highest BCUT2D eigenvalue weighted by Gasteiger charge is 2.37. The molecule has 4 nitrogen and oxygen atoms in total. The molecule has 0 spiro atoms. The monoisotopic (exact) mass is 642 g/mol. The van der Waals surface area contributed by atoms with E-state index in [0.29, 0.717) is 36.5 Å². The molecule has 0 radical (unpaired) electrons. The van der Waals surface area contributed by atoms with Gasteiger partial charge in [-0.2, -0.15) is 0 Å². The second-order valence-corrected chi connectivity index (χ2v) is 12.5. The topological polar surface area (TPSA) is 42.8 Å². The summed E-state index contributed by atoms with van der Waals surface area (Å²) in [5.41, 5.74) is 8.25. The zero-order valence-electron chi connectivity index (χ0n) is 25.0. The Morgan fingerprint density at radius 1 is 0.932 bits per heavy atom. The number of aryl methyl sites for hydroxylation is 1. The molecule has 1 aliphatic carbocycles. The maximum atomic E-state index is 6.33. The molecule has 1 heterocycles. The van der Waals surface area contributed by atoms with Crippen LogP contribution in [0.25, 0.3) is 10.8 Å². The number of aliphatic imine (C=N–C) groups is 1. The number of hydrogen-bond acceptors (Lipinski definition) is 4. The lowest BCUT2D eigenvalue weighted by Crippen LogP contribution is -2.29. The van der Waals surface area contributed by atoms with Crippen LogP contribution in [0.1, 0.15) is 53.1 Å². The van der Waals surface area contributed by atoms with Crippen molar-refractivity contribution in [1.29, 1.82) is 0 Å². The first-order chi connectivity index (χ1) is 21.6. The molecule has 5 aromatic carbocycles. The molecule has 3 atom stereocenters. The first-order valence-electron chi connectivity index (χ1n) is 15.3. The third-order valence-electron chi connectivity index (χ3n) is 8.72. The van der Waals surface area contributed by atoms with E-state index in [9.17, 15) is 0 Å². The summed E-state index contributed by atoms with van der Waals surface area (Å²) in [7, 11) is 0. The predicted octanol–water partition coefficient (Wildman–Crippen LogP) is 10.5. The number of allylic oxidation sites excluding steroid dienone is 2. The highest BCUT2D eigenvalue weighted by Crippen LogP contribution is 2.50. The molecule has 2 aliphatic rings. The number of hydrogen-bond donors (Lipinski definition) is 1. The Morgan fingerprint density at radius 3 is 2.64 bits per heavy atom. The molecule has 0 saturated heterocycles. The normalized spacial score (nSPS) is 18.7. The van der Waals surface area contributed by atoms with Crippen molar-refractivity contribution in [3.05, 3.63) is 142 Å². The molecule has 0 unspecified atom stereocenters. The number of rotatable bonds is 8. The van der Waals surface area contributed by atoms with Gasteiger partial charge in [0.05, 0.1) is 22.8 Å². The van der Waals surface area contributed by atoms with Crippen molar-refractivity contribution in [3.8, 4) is 11.5 Å². The maximum Gasteiger partial charge on any atom is 0.175 e. The predicted molar refractivity (Wildman–Crippen MR) is 185 cm³/mol. The van der Waals surface area contributed by atoms with Crippen molar-refractivity contribution in [2.75, 3.05) is 11.9 Å². The summed E-state index contributed by atoms with van der Waals surface area (Å²) in [5, 5.41) is 6.23. The Bertz CT molecular complexity index is 1870.